The predicted octanol–water partition coefficient (Wildman–Crippen LogP) is 5.09. The van der Waals surface area contributed by atoms with Crippen molar-refractivity contribution in [1.82, 2.24) is 19.7 Å². The average Bonchev–Trinajstić information content (AvgIpc) is 3.18. The van der Waals surface area contributed by atoms with E-state index in [-0.39, 0.29) is 0 Å². The maximum absolute atomic E-state index is 6.27. The third kappa shape index (κ3) is 3.04. The third-order valence-corrected chi connectivity index (χ3v) is 6.93. The Morgan fingerprint density at radius 2 is 1.88 bits per heavy atom. The van der Waals surface area contributed by atoms with Gasteiger partial charge in [0.2, 0.25) is 0 Å². The van der Waals surface area contributed by atoms with Crippen LogP contribution >= 0.6 is 46.7 Å². The number of benzene rings is 1. The second-order valence-electron chi connectivity index (χ2n) is 5.24. The van der Waals surface area contributed by atoms with E-state index in [0.29, 0.717) is 16.1 Å². The van der Waals surface area contributed by atoms with Crippen LogP contribution in [-0.4, -0.2) is 31.3 Å². The average molecular weight is 395 g/mol. The fraction of sp³-hybridized carbons (Fsp3) is 0.188. The van der Waals surface area contributed by atoms with Crippen molar-refractivity contribution in [2.45, 2.75) is 16.1 Å². The Balaban J connectivity index is 1.59. The quantitative estimate of drug-likeness (QED) is 0.576. The molecule has 8 heteroatoms. The van der Waals surface area contributed by atoms with Crippen LogP contribution < -0.4 is 0 Å². The van der Waals surface area contributed by atoms with Gasteiger partial charge in [-0.1, -0.05) is 41.0 Å². The highest BCUT2D eigenvalue weighted by Crippen LogP contribution is 2.41. The molecule has 0 bridgehead atoms. The molecule has 4 rings (SSSR count). The fourth-order valence-corrected chi connectivity index (χ4v) is 5.56. The standard InChI is InChI=1S/C16H12Cl2N4S2/c17-12-2-1-3-13(18)14(12)23-8-11-9-24-16-21-20-15(22(11)16)10-4-6-19-7-5-10/h1-7,11H,8-9H2/t11-/m0/s1. The van der Waals surface area contributed by atoms with E-state index < -0.39 is 0 Å². The summed E-state index contributed by atoms with van der Waals surface area (Å²) >= 11 is 15.9. The molecule has 0 N–H and O–H groups in total. The molecule has 3 aromatic rings. The van der Waals surface area contributed by atoms with Gasteiger partial charge < -0.3 is 0 Å². The molecule has 0 aliphatic carbocycles. The van der Waals surface area contributed by atoms with Crippen molar-refractivity contribution in [3.05, 3.63) is 52.8 Å². The van der Waals surface area contributed by atoms with Crippen molar-refractivity contribution in [1.29, 1.82) is 0 Å². The zero-order chi connectivity index (χ0) is 16.5. The highest BCUT2D eigenvalue weighted by Gasteiger charge is 2.28. The van der Waals surface area contributed by atoms with Crippen molar-refractivity contribution >= 4 is 46.7 Å². The summed E-state index contributed by atoms with van der Waals surface area (Å²) in [5.74, 6) is 2.71. The van der Waals surface area contributed by atoms with E-state index in [1.807, 2.05) is 30.3 Å². The minimum atomic E-state index is 0.292. The lowest BCUT2D eigenvalue weighted by Crippen LogP contribution is -2.11. The minimum Gasteiger partial charge on any atom is -0.297 e. The number of rotatable bonds is 4. The van der Waals surface area contributed by atoms with Crippen molar-refractivity contribution in [3.8, 4) is 11.4 Å². The van der Waals surface area contributed by atoms with E-state index in [9.17, 15) is 0 Å². The third-order valence-electron chi connectivity index (χ3n) is 3.71. The summed E-state index contributed by atoms with van der Waals surface area (Å²) in [4.78, 5) is 5.00. The van der Waals surface area contributed by atoms with Gasteiger partial charge in [-0.05, 0) is 24.3 Å². The summed E-state index contributed by atoms with van der Waals surface area (Å²) in [6, 6.07) is 9.79. The highest BCUT2D eigenvalue weighted by atomic mass is 35.5. The van der Waals surface area contributed by atoms with E-state index in [1.165, 1.54) is 0 Å². The van der Waals surface area contributed by atoms with Crippen LogP contribution in [0.25, 0.3) is 11.4 Å². The smallest absolute Gasteiger partial charge is 0.191 e. The van der Waals surface area contributed by atoms with Gasteiger partial charge >= 0.3 is 0 Å². The molecular weight excluding hydrogens is 383 g/mol. The molecule has 0 fully saturated rings. The fourth-order valence-electron chi connectivity index (χ4n) is 2.57. The van der Waals surface area contributed by atoms with Crippen LogP contribution in [0.3, 0.4) is 0 Å². The first kappa shape index (κ1) is 16.3. The predicted molar refractivity (Wildman–Crippen MR) is 100 cm³/mol. The molecule has 0 radical (unpaired) electrons. The van der Waals surface area contributed by atoms with Crippen molar-refractivity contribution in [2.24, 2.45) is 0 Å². The number of nitrogens with zero attached hydrogens (tertiary/aromatic N) is 4. The van der Waals surface area contributed by atoms with Crippen molar-refractivity contribution in [3.63, 3.8) is 0 Å². The zero-order valence-electron chi connectivity index (χ0n) is 12.4. The van der Waals surface area contributed by atoms with Gasteiger partial charge in [0.05, 0.1) is 16.1 Å². The molecule has 4 nitrogen and oxygen atoms in total. The number of halogens is 2. The van der Waals surface area contributed by atoms with E-state index in [1.54, 1.807) is 35.9 Å². The summed E-state index contributed by atoms with van der Waals surface area (Å²) in [5, 5.41) is 11.0. The molecule has 1 aliphatic rings. The number of aromatic nitrogens is 4. The number of pyridine rings is 1. The second-order valence-corrected chi connectivity index (χ2v) is 8.07. The van der Waals surface area contributed by atoms with E-state index in [0.717, 1.165) is 32.9 Å². The topological polar surface area (TPSA) is 43.6 Å². The molecule has 2 aromatic heterocycles. The Kier molecular flexibility index (Phi) is 4.72. The zero-order valence-corrected chi connectivity index (χ0v) is 15.5. The Labute approximate surface area is 158 Å². The molecule has 122 valence electrons. The normalized spacial score (nSPS) is 16.3. The van der Waals surface area contributed by atoms with Crippen LogP contribution in [0.2, 0.25) is 10.0 Å². The van der Waals surface area contributed by atoms with Crippen molar-refractivity contribution in [2.75, 3.05) is 11.5 Å². The Bertz CT molecular complexity index is 850. The first-order valence-electron chi connectivity index (χ1n) is 7.29. The van der Waals surface area contributed by atoms with Gasteiger partial charge in [-0.15, -0.1) is 22.0 Å². The van der Waals surface area contributed by atoms with Gasteiger partial charge in [0, 0.05) is 34.4 Å². The summed E-state index contributed by atoms with van der Waals surface area (Å²) in [7, 11) is 0. The van der Waals surface area contributed by atoms with Crippen molar-refractivity contribution < 1.29 is 0 Å². The maximum Gasteiger partial charge on any atom is 0.191 e. The monoisotopic (exact) mass is 394 g/mol. The van der Waals surface area contributed by atoms with Gasteiger partial charge in [0.15, 0.2) is 11.0 Å². The van der Waals surface area contributed by atoms with Gasteiger partial charge in [0.25, 0.3) is 0 Å². The molecule has 24 heavy (non-hydrogen) atoms. The summed E-state index contributed by atoms with van der Waals surface area (Å²) in [6.45, 7) is 0. The SMILES string of the molecule is Clc1cccc(Cl)c1SC[C@H]1CSc2nnc(-c3ccncc3)n21. The second kappa shape index (κ2) is 6.96. The van der Waals surface area contributed by atoms with Gasteiger partial charge in [0.1, 0.15) is 0 Å². The molecule has 0 unspecified atom stereocenters. The first-order valence-corrected chi connectivity index (χ1v) is 10.0. The summed E-state index contributed by atoms with van der Waals surface area (Å²) in [5.41, 5.74) is 1.03. The van der Waals surface area contributed by atoms with Gasteiger partial charge in [-0.2, -0.15) is 0 Å². The van der Waals surface area contributed by atoms with Crippen LogP contribution in [0, 0.1) is 0 Å². The van der Waals surface area contributed by atoms with E-state index >= 15 is 0 Å². The van der Waals surface area contributed by atoms with Crippen LogP contribution in [-0.2, 0) is 0 Å². The molecule has 3 heterocycles. The lowest BCUT2D eigenvalue weighted by Gasteiger charge is -2.15. The Morgan fingerprint density at radius 1 is 1.12 bits per heavy atom. The maximum atomic E-state index is 6.27. The van der Waals surface area contributed by atoms with E-state index in [4.69, 9.17) is 23.2 Å². The van der Waals surface area contributed by atoms with Gasteiger partial charge in [-0.3, -0.25) is 9.55 Å². The van der Waals surface area contributed by atoms with Crippen LogP contribution in [0.15, 0.2) is 52.8 Å². The summed E-state index contributed by atoms with van der Waals surface area (Å²) in [6.07, 6.45) is 3.54. The molecular formula is C16H12Cl2N4S2. The number of fused-ring (bicyclic) bond motifs is 1. The minimum absolute atomic E-state index is 0.292. The first-order chi connectivity index (χ1) is 11.7. The van der Waals surface area contributed by atoms with E-state index in [2.05, 4.69) is 19.7 Å². The Morgan fingerprint density at radius 3 is 2.62 bits per heavy atom. The molecule has 1 atom stereocenters. The molecule has 0 amide bonds. The van der Waals surface area contributed by atoms with Crippen LogP contribution in [0.1, 0.15) is 6.04 Å². The molecule has 0 saturated heterocycles. The number of hydrogen-bond acceptors (Lipinski definition) is 5. The molecule has 1 aromatic carbocycles. The molecule has 0 saturated carbocycles. The molecule has 1 aliphatic heterocycles. The number of hydrogen-bond donors (Lipinski definition) is 0. The van der Waals surface area contributed by atoms with Crippen LogP contribution in [0.4, 0.5) is 0 Å². The Hall–Kier alpha value is -1.21. The molecule has 0 spiro atoms. The lowest BCUT2D eigenvalue weighted by atomic mass is 10.2. The number of thioether (sulfide) groups is 2. The summed E-state index contributed by atoms with van der Waals surface area (Å²) < 4.78 is 2.21. The largest absolute Gasteiger partial charge is 0.297 e. The van der Waals surface area contributed by atoms with Crippen LogP contribution in [0.5, 0.6) is 0 Å². The lowest BCUT2D eigenvalue weighted by molar-refractivity contribution is 0.597. The van der Waals surface area contributed by atoms with Gasteiger partial charge in [-0.25, -0.2) is 0 Å². The highest BCUT2D eigenvalue weighted by molar-refractivity contribution is 8.00.